The van der Waals surface area contributed by atoms with E-state index in [1.807, 2.05) is 13.8 Å². The molecule has 4 aliphatic rings. The zero-order chi connectivity index (χ0) is 45.1. The molecule has 4 aromatic rings. The van der Waals surface area contributed by atoms with Gasteiger partial charge in [-0.15, -0.1) is 10.2 Å². The Kier molecular flexibility index (Phi) is 13.7. The molecule has 4 aliphatic heterocycles. The van der Waals surface area contributed by atoms with E-state index in [1.165, 1.54) is 57.1 Å². The summed E-state index contributed by atoms with van der Waals surface area (Å²) in [7, 11) is -5.74. The predicted molar refractivity (Wildman–Crippen MR) is 216 cm³/mol. The molecule has 2 atom stereocenters. The Bertz CT molecular complexity index is 2400. The van der Waals surface area contributed by atoms with Gasteiger partial charge in [-0.05, 0) is 69.4 Å². The van der Waals surface area contributed by atoms with Crippen molar-refractivity contribution in [3.05, 3.63) is 131 Å². The summed E-state index contributed by atoms with van der Waals surface area (Å²) in [6.45, 7) is 4.87. The molecule has 0 bridgehead atoms. The highest BCUT2D eigenvalue weighted by atomic mass is 32.2. The van der Waals surface area contributed by atoms with Gasteiger partial charge < -0.3 is 4.74 Å². The SMILES string of the molecule is COC(=O)C1CCN(S(=O)(=O)c2ccc(C)cc2)CC1.Cc1ccc(S(=O)(=O)N2CCC(N3NC3(c3ccccc3)C(F)(F)F)CC2)cc1.FC(F)(F)C1(c2ccccc2)N=N1. The van der Waals surface area contributed by atoms with Gasteiger partial charge in [0, 0.05) is 37.8 Å². The minimum atomic E-state index is -4.49. The summed E-state index contributed by atoms with van der Waals surface area (Å²) >= 11 is 0. The lowest BCUT2D eigenvalue weighted by atomic mass is 9.99. The Labute approximate surface area is 356 Å². The number of hydrazine groups is 1. The zero-order valence-electron chi connectivity index (χ0n) is 34.0. The van der Waals surface area contributed by atoms with Crippen LogP contribution in [0, 0.1) is 19.8 Å². The third-order valence-electron chi connectivity index (χ3n) is 11.2. The van der Waals surface area contributed by atoms with Crippen LogP contribution >= 0.6 is 0 Å². The van der Waals surface area contributed by atoms with E-state index in [0.717, 1.165) is 11.1 Å². The molecule has 62 heavy (non-hydrogen) atoms. The maximum Gasteiger partial charge on any atom is 0.442 e. The normalized spacial score (nSPS) is 22.0. The molecule has 1 N–H and O–H groups in total. The number of methoxy groups -OCH3 is 1. The first-order valence-corrected chi connectivity index (χ1v) is 22.5. The van der Waals surface area contributed by atoms with Crippen molar-refractivity contribution in [2.24, 2.45) is 16.1 Å². The van der Waals surface area contributed by atoms with E-state index in [-0.39, 0.29) is 41.0 Å². The molecule has 8 rings (SSSR count). The third kappa shape index (κ3) is 9.74. The highest BCUT2D eigenvalue weighted by Gasteiger charge is 2.72. The number of carbonyl (C=O) groups excluding carboxylic acids is 1. The van der Waals surface area contributed by atoms with Crippen LogP contribution in [-0.2, 0) is 40.9 Å². The minimum absolute atomic E-state index is 0.0718. The summed E-state index contributed by atoms with van der Waals surface area (Å²) < 4.78 is 137. The van der Waals surface area contributed by atoms with Gasteiger partial charge in [0.25, 0.3) is 0 Å². The molecule has 334 valence electrons. The first kappa shape index (κ1) is 46.8. The van der Waals surface area contributed by atoms with Crippen LogP contribution in [-0.4, -0.2) is 88.1 Å². The fraction of sp³-hybridized carbons (Fsp3) is 0.405. The van der Waals surface area contributed by atoms with E-state index in [4.69, 9.17) is 4.74 Å². The van der Waals surface area contributed by atoms with E-state index in [1.54, 1.807) is 72.8 Å². The van der Waals surface area contributed by atoms with Gasteiger partial charge in [-0.25, -0.2) is 27.3 Å². The van der Waals surface area contributed by atoms with Crippen LogP contribution in [0.1, 0.15) is 47.9 Å². The largest absolute Gasteiger partial charge is 0.469 e. The Morgan fingerprint density at radius 2 is 1.03 bits per heavy atom. The molecule has 3 saturated heterocycles. The van der Waals surface area contributed by atoms with Crippen molar-refractivity contribution >= 4 is 26.0 Å². The lowest BCUT2D eigenvalue weighted by Gasteiger charge is -2.32. The van der Waals surface area contributed by atoms with Crippen LogP contribution in [0.25, 0.3) is 0 Å². The summed E-state index contributed by atoms with van der Waals surface area (Å²) in [5.41, 5.74) is 0.265. The summed E-state index contributed by atoms with van der Waals surface area (Å²) in [4.78, 5) is 12.0. The fourth-order valence-electron chi connectivity index (χ4n) is 7.43. The van der Waals surface area contributed by atoms with Gasteiger partial charge in [0.15, 0.2) is 0 Å². The second kappa shape index (κ2) is 18.2. The standard InChI is InChI=1S/C20H22F3N3O2S.C14H19NO4S.C8H5F3N2/c1-15-7-9-18(10-8-15)29(27,28)25-13-11-17(12-14-25)26-19(24-26,20(21,22)23)16-5-3-2-4-6-16;1-11-3-5-13(6-4-11)20(17,18)15-9-7-12(8-10-15)14(16)19-2;9-8(10,11)7(12-13-7)6-4-2-1-3-5-6/h2-10,17,24H,11-14H2,1H3;3-6,12H,7-10H2,1-2H3;1-5H. The Balaban J connectivity index is 0.000000168. The van der Waals surface area contributed by atoms with Crippen LogP contribution in [0.2, 0.25) is 0 Å². The predicted octanol–water partition coefficient (Wildman–Crippen LogP) is 7.82. The van der Waals surface area contributed by atoms with E-state index in [0.29, 0.717) is 43.7 Å². The average Bonchev–Trinajstić information content (AvgIpc) is 4.20. The number of hydrogen-bond acceptors (Lipinski definition) is 10. The van der Waals surface area contributed by atoms with Gasteiger partial charge in [-0.1, -0.05) is 96.1 Å². The molecule has 0 amide bonds. The van der Waals surface area contributed by atoms with Crippen LogP contribution in [0.4, 0.5) is 26.3 Å². The molecule has 4 heterocycles. The molecule has 0 radical (unpaired) electrons. The van der Waals surface area contributed by atoms with Crippen molar-refractivity contribution in [3.63, 3.8) is 0 Å². The number of hydrogen-bond donors (Lipinski definition) is 1. The number of nitrogens with one attached hydrogen (secondary N) is 1. The van der Waals surface area contributed by atoms with Crippen molar-refractivity contribution in [1.82, 2.24) is 19.0 Å². The molecule has 20 heteroatoms. The van der Waals surface area contributed by atoms with Crippen LogP contribution in [0.3, 0.4) is 0 Å². The number of alkyl halides is 6. The monoisotopic (exact) mass is 908 g/mol. The maximum atomic E-state index is 13.9. The van der Waals surface area contributed by atoms with Gasteiger partial charge in [0.05, 0.1) is 22.8 Å². The quantitative estimate of drug-likeness (QED) is 0.107. The molecule has 4 aromatic carbocycles. The number of carbonyl (C=O) groups is 1. The molecule has 0 aliphatic carbocycles. The van der Waals surface area contributed by atoms with Gasteiger partial charge in [-0.2, -0.15) is 35.0 Å². The molecule has 0 saturated carbocycles. The summed E-state index contributed by atoms with van der Waals surface area (Å²) in [6, 6.07) is 28.2. The highest BCUT2D eigenvalue weighted by Crippen LogP contribution is 2.53. The molecular weight excluding hydrogens is 863 g/mol. The first-order valence-electron chi connectivity index (χ1n) is 19.6. The van der Waals surface area contributed by atoms with Gasteiger partial charge >= 0.3 is 24.0 Å². The van der Waals surface area contributed by atoms with Crippen LogP contribution < -0.4 is 5.43 Å². The van der Waals surface area contributed by atoms with Gasteiger partial charge in [0.2, 0.25) is 25.7 Å². The number of sulfonamides is 2. The average molecular weight is 909 g/mol. The summed E-state index contributed by atoms with van der Waals surface area (Å²) in [5, 5.41) is 7.39. The zero-order valence-corrected chi connectivity index (χ0v) is 35.6. The smallest absolute Gasteiger partial charge is 0.442 e. The number of nitrogens with zero attached hydrogens (tertiary/aromatic N) is 5. The number of aryl methyl sites for hydroxylation is 2. The van der Waals surface area contributed by atoms with Gasteiger partial charge in [-0.3, -0.25) is 4.79 Å². The van der Waals surface area contributed by atoms with E-state index in [9.17, 15) is 48.0 Å². The van der Waals surface area contributed by atoms with Crippen molar-refractivity contribution in [3.8, 4) is 0 Å². The first-order chi connectivity index (χ1) is 29.2. The van der Waals surface area contributed by atoms with Crippen molar-refractivity contribution < 1.29 is 52.7 Å². The van der Waals surface area contributed by atoms with Crippen molar-refractivity contribution in [2.75, 3.05) is 33.3 Å². The van der Waals surface area contributed by atoms with E-state index >= 15 is 0 Å². The number of piperidine rings is 2. The Morgan fingerprint density at radius 3 is 1.40 bits per heavy atom. The molecule has 0 aromatic heterocycles. The lowest BCUT2D eigenvalue weighted by molar-refractivity contribution is -0.178. The number of ether oxygens (including phenoxy) is 1. The van der Waals surface area contributed by atoms with Crippen LogP contribution in [0.15, 0.2) is 129 Å². The van der Waals surface area contributed by atoms with Crippen LogP contribution in [0.5, 0.6) is 0 Å². The van der Waals surface area contributed by atoms with E-state index < -0.39 is 49.8 Å². The topological polar surface area (TPSA) is 151 Å². The second-order valence-corrected chi connectivity index (χ2v) is 19.1. The fourth-order valence-corrected chi connectivity index (χ4v) is 10.4. The van der Waals surface area contributed by atoms with Crippen molar-refractivity contribution in [1.29, 1.82) is 0 Å². The minimum Gasteiger partial charge on any atom is -0.469 e. The number of esters is 1. The Hall–Kier alpha value is -4.73. The molecule has 12 nitrogen and oxygen atoms in total. The third-order valence-corrected chi connectivity index (χ3v) is 15.0. The van der Waals surface area contributed by atoms with E-state index in [2.05, 4.69) is 15.7 Å². The number of benzene rings is 4. The highest BCUT2D eigenvalue weighted by molar-refractivity contribution is 7.89. The van der Waals surface area contributed by atoms with Gasteiger partial charge in [0.1, 0.15) is 0 Å². The molecular formula is C42H46F6N6O6S2. The molecule has 3 fully saturated rings. The number of halogens is 6. The molecule has 2 unspecified atom stereocenters. The second-order valence-electron chi connectivity index (χ2n) is 15.3. The number of rotatable bonds is 8. The molecule has 0 spiro atoms. The van der Waals surface area contributed by atoms with Crippen molar-refractivity contribution in [2.45, 2.75) is 79.0 Å². The maximum absolute atomic E-state index is 13.9. The lowest BCUT2D eigenvalue weighted by Crippen LogP contribution is -2.45. The Morgan fingerprint density at radius 1 is 0.629 bits per heavy atom. The summed E-state index contributed by atoms with van der Waals surface area (Å²) in [6.07, 6.45) is -7.24. The summed E-state index contributed by atoms with van der Waals surface area (Å²) in [5.74, 6) is -0.443.